The van der Waals surface area contributed by atoms with Crippen LogP contribution in [-0.2, 0) is 15.8 Å². The number of carbonyl (C=O) groups excluding carboxylic acids is 2. The number of nitrogens with one attached hydrogen (secondary N) is 2. The Morgan fingerprint density at radius 2 is 1.96 bits per heavy atom. The number of halogens is 4. The van der Waals surface area contributed by atoms with Crippen LogP contribution in [0.3, 0.4) is 0 Å². The van der Waals surface area contributed by atoms with Gasteiger partial charge in [0.1, 0.15) is 0 Å². The van der Waals surface area contributed by atoms with Gasteiger partial charge < -0.3 is 15.5 Å². The molecule has 1 saturated heterocycles. The average Bonchev–Trinajstić information content (AvgIpc) is 2.59. The van der Waals surface area contributed by atoms with Crippen LogP contribution in [0, 0.1) is 0 Å². The molecule has 26 heavy (non-hydrogen) atoms. The Labute approximate surface area is 156 Å². The maximum absolute atomic E-state index is 13.0. The number of rotatable bonds is 5. The van der Waals surface area contributed by atoms with Crippen LogP contribution in [0.15, 0.2) is 24.3 Å². The summed E-state index contributed by atoms with van der Waals surface area (Å²) in [6.07, 6.45) is -1.92. The number of benzene rings is 1. The van der Waals surface area contributed by atoms with E-state index in [4.69, 9.17) is 0 Å². The van der Waals surface area contributed by atoms with Crippen molar-refractivity contribution in [2.45, 2.75) is 38.4 Å². The molecule has 2 N–H and O–H groups in total. The first-order chi connectivity index (χ1) is 11.8. The molecule has 1 fully saturated rings. The lowest BCUT2D eigenvalue weighted by molar-refractivity contribution is -0.138. The first-order valence-electron chi connectivity index (χ1n) is 8.31. The Hall–Kier alpha value is -1.80. The summed E-state index contributed by atoms with van der Waals surface area (Å²) < 4.78 is 38.9. The molecule has 1 aliphatic heterocycles. The van der Waals surface area contributed by atoms with Crippen molar-refractivity contribution in [2.75, 3.05) is 25.0 Å². The number of nitrogens with zero attached hydrogens (tertiary/aromatic N) is 1. The molecule has 1 aromatic carbocycles. The molecule has 2 rings (SSSR count). The maximum atomic E-state index is 13.0. The van der Waals surface area contributed by atoms with E-state index >= 15 is 0 Å². The Morgan fingerprint density at radius 3 is 2.54 bits per heavy atom. The molecule has 0 unspecified atom stereocenters. The minimum atomic E-state index is -4.56. The van der Waals surface area contributed by atoms with E-state index in [2.05, 4.69) is 10.6 Å². The van der Waals surface area contributed by atoms with Crippen molar-refractivity contribution in [3.8, 4) is 0 Å². The monoisotopic (exact) mass is 393 g/mol. The molecule has 0 saturated carbocycles. The maximum Gasteiger partial charge on any atom is 0.418 e. The third-order valence-electron chi connectivity index (χ3n) is 4.14. The summed E-state index contributed by atoms with van der Waals surface area (Å²) in [5.74, 6) is -0.843. The second kappa shape index (κ2) is 9.78. The molecule has 0 aromatic heterocycles. The molecule has 0 radical (unpaired) electrons. The third-order valence-corrected chi connectivity index (χ3v) is 4.14. The SMILES string of the molecule is CCN(CC(=O)Nc1ccccc1C(F)(F)F)C(=O)[C@@H]1CCCCN1.Cl. The van der Waals surface area contributed by atoms with Gasteiger partial charge in [-0.3, -0.25) is 9.59 Å². The average molecular weight is 394 g/mol. The standard InChI is InChI=1S/C17H22F3N3O2.ClH/c1-2-23(16(25)14-9-5-6-10-21-14)11-15(24)22-13-8-4-3-7-12(13)17(18,19)20;/h3-4,7-8,14,21H,2,5-6,9-11H2,1H3,(H,22,24);1H/t14-;/m0./s1. The number of hydrogen-bond donors (Lipinski definition) is 2. The quantitative estimate of drug-likeness (QED) is 0.808. The summed E-state index contributed by atoms with van der Waals surface area (Å²) in [4.78, 5) is 26.0. The van der Waals surface area contributed by atoms with Crippen LogP contribution >= 0.6 is 12.4 Å². The lowest BCUT2D eigenvalue weighted by Gasteiger charge is -2.29. The van der Waals surface area contributed by atoms with Gasteiger partial charge in [-0.2, -0.15) is 13.2 Å². The molecule has 0 spiro atoms. The predicted molar refractivity (Wildman–Crippen MR) is 95.2 cm³/mol. The number of amides is 2. The molecular formula is C17H23ClF3N3O2. The summed E-state index contributed by atoms with van der Waals surface area (Å²) in [6, 6.07) is 4.45. The number of piperidine rings is 1. The fourth-order valence-corrected chi connectivity index (χ4v) is 2.83. The molecular weight excluding hydrogens is 371 g/mol. The van der Waals surface area contributed by atoms with Gasteiger partial charge in [0.25, 0.3) is 0 Å². The van der Waals surface area contributed by atoms with E-state index in [9.17, 15) is 22.8 Å². The molecule has 1 aromatic rings. The molecule has 9 heteroatoms. The Morgan fingerprint density at radius 1 is 1.27 bits per heavy atom. The Bertz CT molecular complexity index is 620. The van der Waals surface area contributed by atoms with Gasteiger partial charge in [-0.1, -0.05) is 18.6 Å². The number of likely N-dealkylation sites (N-methyl/N-ethyl adjacent to an activating group) is 1. The van der Waals surface area contributed by atoms with Gasteiger partial charge >= 0.3 is 6.18 Å². The zero-order chi connectivity index (χ0) is 18.4. The number of hydrogen-bond acceptors (Lipinski definition) is 3. The van der Waals surface area contributed by atoms with E-state index in [0.29, 0.717) is 13.0 Å². The van der Waals surface area contributed by atoms with Crippen molar-refractivity contribution in [1.29, 1.82) is 0 Å². The van der Waals surface area contributed by atoms with Crippen LogP contribution in [0.1, 0.15) is 31.7 Å². The van der Waals surface area contributed by atoms with Gasteiger partial charge in [0.05, 0.1) is 23.8 Å². The molecule has 0 bridgehead atoms. The van der Waals surface area contributed by atoms with Crippen LogP contribution in [0.5, 0.6) is 0 Å². The third kappa shape index (κ3) is 5.88. The molecule has 1 heterocycles. The van der Waals surface area contributed by atoms with Gasteiger partial charge in [0.2, 0.25) is 11.8 Å². The largest absolute Gasteiger partial charge is 0.418 e. The fraction of sp³-hybridized carbons (Fsp3) is 0.529. The second-order valence-corrected chi connectivity index (χ2v) is 5.95. The van der Waals surface area contributed by atoms with Crippen molar-refractivity contribution >= 4 is 29.9 Å². The van der Waals surface area contributed by atoms with E-state index < -0.39 is 17.6 Å². The van der Waals surface area contributed by atoms with Crippen molar-refractivity contribution in [1.82, 2.24) is 10.2 Å². The summed E-state index contributed by atoms with van der Waals surface area (Å²) >= 11 is 0. The summed E-state index contributed by atoms with van der Waals surface area (Å²) in [5, 5.41) is 5.38. The number of carbonyl (C=O) groups is 2. The number of para-hydroxylation sites is 1. The van der Waals surface area contributed by atoms with Crippen LogP contribution in [0.2, 0.25) is 0 Å². The highest BCUT2D eigenvalue weighted by Gasteiger charge is 2.34. The van der Waals surface area contributed by atoms with Crippen molar-refractivity contribution in [3.05, 3.63) is 29.8 Å². The van der Waals surface area contributed by atoms with Crippen LogP contribution in [0.25, 0.3) is 0 Å². The first-order valence-corrected chi connectivity index (χ1v) is 8.31. The Balaban J connectivity index is 0.00000338. The van der Waals surface area contributed by atoms with E-state index in [0.717, 1.165) is 25.5 Å². The van der Waals surface area contributed by atoms with Gasteiger partial charge in [-0.15, -0.1) is 12.4 Å². The number of anilines is 1. The predicted octanol–water partition coefficient (Wildman–Crippen LogP) is 3.06. The Kier molecular flexibility index (Phi) is 8.36. The highest BCUT2D eigenvalue weighted by Crippen LogP contribution is 2.34. The highest BCUT2D eigenvalue weighted by molar-refractivity contribution is 5.96. The molecule has 1 aliphatic rings. The zero-order valence-electron chi connectivity index (χ0n) is 14.4. The highest BCUT2D eigenvalue weighted by atomic mass is 35.5. The number of alkyl halides is 3. The molecule has 5 nitrogen and oxygen atoms in total. The summed E-state index contributed by atoms with van der Waals surface area (Å²) in [5.41, 5.74) is -1.22. The summed E-state index contributed by atoms with van der Waals surface area (Å²) in [7, 11) is 0. The van der Waals surface area contributed by atoms with Gasteiger partial charge in [-0.05, 0) is 38.4 Å². The van der Waals surface area contributed by atoms with E-state index in [1.807, 2.05) is 0 Å². The lowest BCUT2D eigenvalue weighted by atomic mass is 10.0. The van der Waals surface area contributed by atoms with E-state index in [1.54, 1.807) is 6.92 Å². The van der Waals surface area contributed by atoms with Gasteiger partial charge in [-0.25, -0.2) is 0 Å². The summed E-state index contributed by atoms with van der Waals surface area (Å²) in [6.45, 7) is 2.52. The van der Waals surface area contributed by atoms with Crippen molar-refractivity contribution < 1.29 is 22.8 Å². The van der Waals surface area contributed by atoms with Crippen molar-refractivity contribution in [3.63, 3.8) is 0 Å². The molecule has 2 amide bonds. The van der Waals surface area contributed by atoms with Crippen LogP contribution in [0.4, 0.5) is 18.9 Å². The molecule has 0 aliphatic carbocycles. The van der Waals surface area contributed by atoms with Gasteiger partial charge in [0.15, 0.2) is 0 Å². The van der Waals surface area contributed by atoms with E-state index in [-0.39, 0.29) is 36.6 Å². The lowest BCUT2D eigenvalue weighted by Crippen LogP contribution is -2.50. The normalized spacial score (nSPS) is 17.2. The van der Waals surface area contributed by atoms with Crippen LogP contribution < -0.4 is 10.6 Å². The van der Waals surface area contributed by atoms with Gasteiger partial charge in [0, 0.05) is 6.54 Å². The van der Waals surface area contributed by atoms with E-state index in [1.165, 1.54) is 23.1 Å². The second-order valence-electron chi connectivity index (χ2n) is 5.95. The first kappa shape index (κ1) is 22.2. The smallest absolute Gasteiger partial charge is 0.332 e. The molecule has 1 atom stereocenters. The van der Waals surface area contributed by atoms with Crippen molar-refractivity contribution in [2.24, 2.45) is 0 Å². The minimum Gasteiger partial charge on any atom is -0.332 e. The fourth-order valence-electron chi connectivity index (χ4n) is 2.83. The topological polar surface area (TPSA) is 61.4 Å². The minimum absolute atomic E-state index is 0. The van der Waals surface area contributed by atoms with Crippen LogP contribution in [-0.4, -0.2) is 42.4 Å². The molecule has 146 valence electrons. The zero-order valence-corrected chi connectivity index (χ0v) is 15.3.